The van der Waals surface area contributed by atoms with Crippen LogP contribution in [0, 0.1) is 11.8 Å². The molecule has 2 saturated heterocycles. The molecule has 0 unspecified atom stereocenters. The van der Waals surface area contributed by atoms with E-state index in [-0.39, 0.29) is 37.6 Å². The van der Waals surface area contributed by atoms with Crippen LogP contribution in [0.2, 0.25) is 0 Å². The Kier molecular flexibility index (Phi) is 10.2. The van der Waals surface area contributed by atoms with Gasteiger partial charge in [-0.25, -0.2) is 0 Å². The van der Waals surface area contributed by atoms with Gasteiger partial charge in [-0.1, -0.05) is 25.7 Å². The molecule has 0 aromatic heterocycles. The maximum atomic E-state index is 9.01. The van der Waals surface area contributed by atoms with Gasteiger partial charge in [0, 0.05) is 11.8 Å². The molecule has 0 amide bonds. The summed E-state index contributed by atoms with van der Waals surface area (Å²) in [5, 5.41) is 18.0. The van der Waals surface area contributed by atoms with E-state index in [2.05, 4.69) is 0 Å². The lowest BCUT2D eigenvalue weighted by Crippen LogP contribution is -2.33. The molecule has 24 heavy (non-hydrogen) atoms. The van der Waals surface area contributed by atoms with E-state index in [1.807, 2.05) is 0 Å². The highest BCUT2D eigenvalue weighted by Crippen LogP contribution is 2.19. The monoisotopic (exact) mass is 346 g/mol. The van der Waals surface area contributed by atoms with Gasteiger partial charge in [0.2, 0.25) is 0 Å². The first-order valence-corrected chi connectivity index (χ1v) is 9.50. The second-order valence-corrected chi connectivity index (χ2v) is 6.99. The molecule has 2 rings (SSSR count). The lowest BCUT2D eigenvalue weighted by Gasteiger charge is -2.28. The van der Waals surface area contributed by atoms with Gasteiger partial charge in [0.15, 0.2) is 12.6 Å². The summed E-state index contributed by atoms with van der Waals surface area (Å²) in [6.07, 6.45) is 8.92. The van der Waals surface area contributed by atoms with E-state index in [9.17, 15) is 0 Å². The number of hydrogen-bond donors (Lipinski definition) is 2. The Morgan fingerprint density at radius 1 is 0.542 bits per heavy atom. The van der Waals surface area contributed by atoms with Crippen LogP contribution in [0.3, 0.4) is 0 Å². The van der Waals surface area contributed by atoms with Crippen LogP contribution in [0.4, 0.5) is 0 Å². The summed E-state index contributed by atoms with van der Waals surface area (Å²) >= 11 is 0. The highest BCUT2D eigenvalue weighted by molar-refractivity contribution is 4.63. The molecule has 2 heterocycles. The zero-order valence-corrected chi connectivity index (χ0v) is 14.7. The predicted molar refractivity (Wildman–Crippen MR) is 89.5 cm³/mol. The fourth-order valence-electron chi connectivity index (χ4n) is 3.04. The summed E-state index contributed by atoms with van der Waals surface area (Å²) in [6.45, 7) is 2.76. The van der Waals surface area contributed by atoms with Crippen LogP contribution in [-0.4, -0.2) is 62.4 Å². The van der Waals surface area contributed by atoms with Crippen LogP contribution in [0.15, 0.2) is 0 Å². The first-order chi connectivity index (χ1) is 11.8. The Bertz CT molecular complexity index is 268. The zero-order valence-electron chi connectivity index (χ0n) is 14.7. The average Bonchev–Trinajstić information content (AvgIpc) is 2.65. The molecule has 6 nitrogen and oxygen atoms in total. The largest absolute Gasteiger partial charge is 0.396 e. The molecule has 0 aromatic carbocycles. The Hall–Kier alpha value is -0.240. The van der Waals surface area contributed by atoms with Gasteiger partial charge in [-0.15, -0.1) is 0 Å². The second kappa shape index (κ2) is 12.2. The Morgan fingerprint density at radius 3 is 1.21 bits per heavy atom. The maximum absolute atomic E-state index is 9.01. The van der Waals surface area contributed by atoms with Crippen molar-refractivity contribution in [3.63, 3.8) is 0 Å². The minimum atomic E-state index is -0.0730. The van der Waals surface area contributed by atoms with Gasteiger partial charge in [0.25, 0.3) is 0 Å². The number of hydrogen-bond acceptors (Lipinski definition) is 6. The van der Waals surface area contributed by atoms with Crippen molar-refractivity contribution in [3.8, 4) is 0 Å². The van der Waals surface area contributed by atoms with Crippen molar-refractivity contribution in [1.82, 2.24) is 0 Å². The van der Waals surface area contributed by atoms with Gasteiger partial charge >= 0.3 is 0 Å². The van der Waals surface area contributed by atoms with Crippen LogP contribution in [0.1, 0.15) is 51.4 Å². The molecular weight excluding hydrogens is 312 g/mol. The maximum Gasteiger partial charge on any atom is 0.157 e. The lowest BCUT2D eigenvalue weighted by molar-refractivity contribution is -0.208. The fourth-order valence-corrected chi connectivity index (χ4v) is 3.04. The minimum absolute atomic E-state index is 0.0730. The van der Waals surface area contributed by atoms with Gasteiger partial charge in [-0.05, 0) is 25.7 Å². The van der Waals surface area contributed by atoms with Crippen molar-refractivity contribution in [2.75, 3.05) is 39.6 Å². The third kappa shape index (κ3) is 7.76. The summed E-state index contributed by atoms with van der Waals surface area (Å²) in [4.78, 5) is 0. The molecule has 0 saturated carbocycles. The highest BCUT2D eigenvalue weighted by Gasteiger charge is 2.22. The van der Waals surface area contributed by atoms with Crippen molar-refractivity contribution in [1.29, 1.82) is 0 Å². The average molecular weight is 346 g/mol. The fraction of sp³-hybridized carbons (Fsp3) is 1.00. The molecule has 2 N–H and O–H groups in total. The normalized spacial score (nSPS) is 31.2. The second-order valence-electron chi connectivity index (χ2n) is 6.99. The minimum Gasteiger partial charge on any atom is -0.396 e. The number of unbranched alkanes of at least 4 members (excludes halogenated alkanes) is 5. The standard InChI is InChI=1S/C18H34O6/c19-9-15-11-21-17(22-12-15)7-5-3-1-2-4-6-8-18-23-13-16(10-20)14-24-18/h15-20H,1-14H2. The number of ether oxygens (including phenoxy) is 4. The zero-order chi connectivity index (χ0) is 17.0. The summed E-state index contributed by atoms with van der Waals surface area (Å²) < 4.78 is 22.3. The van der Waals surface area contributed by atoms with Crippen molar-refractivity contribution < 1.29 is 29.2 Å². The van der Waals surface area contributed by atoms with Gasteiger partial charge in [-0.2, -0.15) is 0 Å². The number of rotatable bonds is 11. The molecule has 0 bridgehead atoms. The van der Waals surface area contributed by atoms with Gasteiger partial charge in [0.05, 0.1) is 39.6 Å². The summed E-state index contributed by atoms with van der Waals surface area (Å²) in [5.41, 5.74) is 0. The van der Waals surface area contributed by atoms with Crippen LogP contribution < -0.4 is 0 Å². The molecule has 0 aliphatic carbocycles. The number of aliphatic hydroxyl groups is 2. The molecule has 6 heteroatoms. The van der Waals surface area contributed by atoms with Crippen LogP contribution >= 0.6 is 0 Å². The summed E-state index contributed by atoms with van der Waals surface area (Å²) in [5.74, 6) is 0.292. The van der Waals surface area contributed by atoms with Crippen molar-refractivity contribution in [2.24, 2.45) is 11.8 Å². The number of aliphatic hydroxyl groups excluding tert-OH is 2. The highest BCUT2D eigenvalue weighted by atomic mass is 16.7. The molecule has 142 valence electrons. The Balaban J connectivity index is 1.35. The summed E-state index contributed by atoms with van der Waals surface area (Å²) in [7, 11) is 0. The van der Waals surface area contributed by atoms with Crippen LogP contribution in [0.25, 0.3) is 0 Å². The SMILES string of the molecule is OCC1COC(CCCCCCCCC2OCC(CO)CO2)OC1. The van der Waals surface area contributed by atoms with Crippen molar-refractivity contribution >= 4 is 0 Å². The third-order valence-corrected chi connectivity index (χ3v) is 4.72. The van der Waals surface area contributed by atoms with Crippen LogP contribution in [-0.2, 0) is 18.9 Å². The molecular formula is C18H34O6. The van der Waals surface area contributed by atoms with Crippen LogP contribution in [0.5, 0.6) is 0 Å². The third-order valence-electron chi connectivity index (χ3n) is 4.72. The molecule has 0 aromatic rings. The van der Waals surface area contributed by atoms with E-state index in [0.29, 0.717) is 26.4 Å². The molecule has 0 spiro atoms. The quantitative estimate of drug-likeness (QED) is 0.558. The van der Waals surface area contributed by atoms with E-state index in [1.54, 1.807) is 0 Å². The lowest BCUT2D eigenvalue weighted by atomic mass is 10.1. The smallest absolute Gasteiger partial charge is 0.157 e. The van der Waals surface area contributed by atoms with E-state index in [1.165, 1.54) is 25.7 Å². The van der Waals surface area contributed by atoms with Crippen molar-refractivity contribution in [2.45, 2.75) is 63.9 Å². The molecule has 2 aliphatic heterocycles. The van der Waals surface area contributed by atoms with Gasteiger partial charge < -0.3 is 29.2 Å². The first kappa shape index (κ1) is 20.1. The topological polar surface area (TPSA) is 77.4 Å². The molecule has 2 fully saturated rings. The molecule has 2 aliphatic rings. The Labute approximate surface area is 145 Å². The summed E-state index contributed by atoms with van der Waals surface area (Å²) in [6, 6.07) is 0. The van der Waals surface area contributed by atoms with E-state index in [4.69, 9.17) is 29.2 Å². The van der Waals surface area contributed by atoms with Gasteiger partial charge in [-0.3, -0.25) is 0 Å². The first-order valence-electron chi connectivity index (χ1n) is 9.50. The molecule has 0 atom stereocenters. The predicted octanol–water partition coefficient (Wildman–Crippen LogP) is 2.07. The van der Waals surface area contributed by atoms with E-state index < -0.39 is 0 Å². The van der Waals surface area contributed by atoms with E-state index >= 15 is 0 Å². The van der Waals surface area contributed by atoms with Gasteiger partial charge in [0.1, 0.15) is 0 Å². The molecule has 0 radical (unpaired) electrons. The van der Waals surface area contributed by atoms with Crippen molar-refractivity contribution in [3.05, 3.63) is 0 Å². The Morgan fingerprint density at radius 2 is 0.875 bits per heavy atom. The van der Waals surface area contributed by atoms with E-state index in [0.717, 1.165) is 25.7 Å².